The molecule has 7 nitrogen and oxygen atoms in total. The molecule has 0 bridgehead atoms. The number of aromatic hydroxyl groups is 2. The van der Waals surface area contributed by atoms with Gasteiger partial charge in [0.25, 0.3) is 0 Å². The van der Waals surface area contributed by atoms with Crippen molar-refractivity contribution < 1.29 is 30.3 Å². The van der Waals surface area contributed by atoms with Gasteiger partial charge in [-0.25, -0.2) is 4.79 Å². The summed E-state index contributed by atoms with van der Waals surface area (Å²) in [5, 5.41) is 54.2. The van der Waals surface area contributed by atoms with Gasteiger partial charge in [0.1, 0.15) is 23.2 Å². The van der Waals surface area contributed by atoms with E-state index in [1.807, 2.05) is 0 Å². The minimum atomic E-state index is -1.81. The number of aromatic carboxylic acids is 1. The third-order valence-electron chi connectivity index (χ3n) is 2.13. The molecule has 2 unspecified atom stereocenters. The number of nitrogens with zero attached hydrogens (tertiary/aromatic N) is 1. The Morgan fingerprint density at radius 2 is 1.82 bits per heavy atom. The summed E-state index contributed by atoms with van der Waals surface area (Å²) in [5.74, 6) is -2.77. The van der Waals surface area contributed by atoms with Gasteiger partial charge >= 0.3 is 5.97 Å². The molecule has 0 spiro atoms. The van der Waals surface area contributed by atoms with Crippen LogP contribution < -0.4 is 0 Å². The van der Waals surface area contributed by atoms with Crippen LogP contribution in [0.2, 0.25) is 0 Å². The second kappa shape index (κ2) is 4.69. The van der Waals surface area contributed by atoms with E-state index in [1.165, 1.54) is 6.07 Å². The van der Waals surface area contributed by atoms with Gasteiger partial charge in [-0.2, -0.15) is 5.26 Å². The molecule has 0 aliphatic carbocycles. The van der Waals surface area contributed by atoms with Crippen LogP contribution in [0.5, 0.6) is 11.5 Å². The quantitative estimate of drug-likeness (QED) is 0.456. The average Bonchev–Trinajstić information content (AvgIpc) is 2.26. The number of carboxylic acid groups (broad SMARTS) is 1. The summed E-state index contributed by atoms with van der Waals surface area (Å²) in [6.07, 6.45) is -3.58. The van der Waals surface area contributed by atoms with Crippen LogP contribution in [0.15, 0.2) is 12.1 Å². The summed E-state index contributed by atoms with van der Waals surface area (Å²) < 4.78 is 0. The summed E-state index contributed by atoms with van der Waals surface area (Å²) >= 11 is 0. The van der Waals surface area contributed by atoms with Crippen LogP contribution in [0.4, 0.5) is 0 Å². The molecule has 0 aromatic heterocycles. The van der Waals surface area contributed by atoms with E-state index in [-0.39, 0.29) is 5.56 Å². The number of hydrogen-bond acceptors (Lipinski definition) is 6. The first-order chi connectivity index (χ1) is 7.88. The Morgan fingerprint density at radius 1 is 1.24 bits per heavy atom. The maximum Gasteiger partial charge on any atom is 0.339 e. The fraction of sp³-hybridized carbons (Fsp3) is 0.200. The highest BCUT2D eigenvalue weighted by Crippen LogP contribution is 2.32. The molecule has 0 saturated carbocycles. The summed E-state index contributed by atoms with van der Waals surface area (Å²) in [5.41, 5.74) is -0.906. The fourth-order valence-electron chi connectivity index (χ4n) is 1.24. The van der Waals surface area contributed by atoms with Gasteiger partial charge in [-0.05, 0) is 6.07 Å². The highest BCUT2D eigenvalue weighted by atomic mass is 16.4. The van der Waals surface area contributed by atoms with Crippen LogP contribution in [0.3, 0.4) is 0 Å². The molecule has 0 heterocycles. The van der Waals surface area contributed by atoms with E-state index >= 15 is 0 Å². The predicted octanol–water partition coefficient (Wildman–Crippen LogP) is -0.286. The second-order valence-electron chi connectivity index (χ2n) is 3.25. The van der Waals surface area contributed by atoms with Gasteiger partial charge in [-0.15, -0.1) is 0 Å². The third kappa shape index (κ3) is 2.44. The summed E-state index contributed by atoms with van der Waals surface area (Å²) in [7, 11) is 0. The van der Waals surface area contributed by atoms with E-state index < -0.39 is 35.2 Å². The molecule has 1 aromatic rings. The third-order valence-corrected chi connectivity index (χ3v) is 2.13. The lowest BCUT2D eigenvalue weighted by Crippen LogP contribution is -2.16. The molecular weight excluding hydrogens is 230 g/mol. The molecule has 2 atom stereocenters. The van der Waals surface area contributed by atoms with E-state index in [2.05, 4.69) is 0 Å². The number of benzene rings is 1. The van der Waals surface area contributed by atoms with Crippen molar-refractivity contribution in [1.82, 2.24) is 0 Å². The molecule has 90 valence electrons. The number of carbonyl (C=O) groups is 1. The van der Waals surface area contributed by atoms with Crippen molar-refractivity contribution in [1.29, 1.82) is 5.26 Å². The molecule has 1 rings (SSSR count). The van der Waals surface area contributed by atoms with Gasteiger partial charge in [0.2, 0.25) is 0 Å². The Bertz CT molecular complexity index is 492. The first-order valence-corrected chi connectivity index (χ1v) is 4.43. The van der Waals surface area contributed by atoms with Crippen LogP contribution in [0.1, 0.15) is 22.0 Å². The van der Waals surface area contributed by atoms with Gasteiger partial charge in [0.15, 0.2) is 6.10 Å². The number of aliphatic hydroxyl groups is 2. The number of carboxylic acids is 1. The van der Waals surface area contributed by atoms with Crippen molar-refractivity contribution in [2.75, 3.05) is 0 Å². The van der Waals surface area contributed by atoms with E-state index in [4.69, 9.17) is 15.5 Å². The minimum absolute atomic E-state index is 0.353. The molecule has 0 amide bonds. The second-order valence-corrected chi connectivity index (χ2v) is 3.25. The Hall–Kier alpha value is -2.30. The van der Waals surface area contributed by atoms with Crippen molar-refractivity contribution in [2.45, 2.75) is 12.2 Å². The number of rotatable bonds is 3. The molecule has 0 fully saturated rings. The SMILES string of the molecule is N#CC(O)C(O)c1cc(C(=O)O)c(O)cc1O. The lowest BCUT2D eigenvalue weighted by atomic mass is 10.0. The van der Waals surface area contributed by atoms with E-state index in [9.17, 15) is 20.1 Å². The van der Waals surface area contributed by atoms with Crippen molar-refractivity contribution >= 4 is 5.97 Å². The monoisotopic (exact) mass is 239 g/mol. The lowest BCUT2D eigenvalue weighted by molar-refractivity contribution is 0.0508. The predicted molar refractivity (Wildman–Crippen MR) is 53.3 cm³/mol. The molecule has 0 aliphatic rings. The number of nitriles is 1. The van der Waals surface area contributed by atoms with Crippen LogP contribution in [-0.4, -0.2) is 37.6 Å². The zero-order chi connectivity index (χ0) is 13.2. The largest absolute Gasteiger partial charge is 0.507 e. The van der Waals surface area contributed by atoms with Crippen molar-refractivity contribution in [3.63, 3.8) is 0 Å². The van der Waals surface area contributed by atoms with Crippen molar-refractivity contribution in [3.8, 4) is 17.6 Å². The van der Waals surface area contributed by atoms with Gasteiger partial charge in [0.05, 0.1) is 6.07 Å². The molecule has 5 N–H and O–H groups in total. The minimum Gasteiger partial charge on any atom is -0.507 e. The number of hydrogen-bond donors (Lipinski definition) is 5. The Morgan fingerprint density at radius 3 is 2.29 bits per heavy atom. The molecular formula is C10H9NO6. The van der Waals surface area contributed by atoms with Crippen molar-refractivity contribution in [3.05, 3.63) is 23.3 Å². The molecule has 17 heavy (non-hydrogen) atoms. The zero-order valence-electron chi connectivity index (χ0n) is 8.40. The van der Waals surface area contributed by atoms with Crippen LogP contribution in [0.25, 0.3) is 0 Å². The maximum atomic E-state index is 10.7. The lowest BCUT2D eigenvalue weighted by Gasteiger charge is -2.14. The molecule has 1 aromatic carbocycles. The molecule has 0 aliphatic heterocycles. The number of phenols is 2. The van der Waals surface area contributed by atoms with Gasteiger partial charge in [0, 0.05) is 11.6 Å². The highest BCUT2D eigenvalue weighted by molar-refractivity contribution is 5.91. The fourth-order valence-corrected chi connectivity index (χ4v) is 1.24. The van der Waals surface area contributed by atoms with E-state index in [0.29, 0.717) is 6.07 Å². The van der Waals surface area contributed by atoms with Crippen molar-refractivity contribution in [2.24, 2.45) is 0 Å². The highest BCUT2D eigenvalue weighted by Gasteiger charge is 2.24. The first kappa shape index (κ1) is 12.8. The number of aliphatic hydroxyl groups excluding tert-OH is 2. The standard InChI is InChI=1S/C10H9NO6/c11-3-8(14)9(15)4-1-5(10(16)17)7(13)2-6(4)12/h1-2,8-9,12-15H,(H,16,17). The van der Waals surface area contributed by atoms with Crippen LogP contribution in [-0.2, 0) is 0 Å². The molecule has 7 heteroatoms. The van der Waals surface area contributed by atoms with E-state index in [0.717, 1.165) is 6.07 Å². The van der Waals surface area contributed by atoms with E-state index in [1.54, 1.807) is 0 Å². The topological polar surface area (TPSA) is 142 Å². The summed E-state index contributed by atoms with van der Waals surface area (Å²) in [6, 6.07) is 2.84. The Kier molecular flexibility index (Phi) is 3.52. The summed E-state index contributed by atoms with van der Waals surface area (Å²) in [6.45, 7) is 0. The zero-order valence-corrected chi connectivity index (χ0v) is 8.40. The Balaban J connectivity index is 3.30. The van der Waals surface area contributed by atoms with Crippen LogP contribution in [0, 0.1) is 11.3 Å². The van der Waals surface area contributed by atoms with Crippen LogP contribution >= 0.6 is 0 Å². The smallest absolute Gasteiger partial charge is 0.339 e. The summed E-state index contributed by atoms with van der Waals surface area (Å²) in [4.78, 5) is 10.7. The molecule has 0 radical (unpaired) electrons. The first-order valence-electron chi connectivity index (χ1n) is 4.43. The van der Waals surface area contributed by atoms with Gasteiger partial charge in [-0.3, -0.25) is 0 Å². The average molecular weight is 239 g/mol. The molecule has 0 saturated heterocycles. The normalized spacial score (nSPS) is 13.7. The van der Waals surface area contributed by atoms with Gasteiger partial charge in [-0.1, -0.05) is 0 Å². The number of phenolic OH excluding ortho intramolecular Hbond substituents is 1. The Labute approximate surface area is 95.4 Å². The van der Waals surface area contributed by atoms with Gasteiger partial charge < -0.3 is 25.5 Å². The maximum absolute atomic E-state index is 10.7.